The molecule has 0 amide bonds. The molecule has 1 saturated heterocycles. The van der Waals surface area contributed by atoms with Crippen LogP contribution in [0.3, 0.4) is 0 Å². The average molecular weight is 293 g/mol. The summed E-state index contributed by atoms with van der Waals surface area (Å²) >= 11 is 0. The molecule has 0 saturated carbocycles. The first-order valence-corrected chi connectivity index (χ1v) is 7.78. The van der Waals surface area contributed by atoms with E-state index >= 15 is 0 Å². The number of hydrogen-bond donors (Lipinski definition) is 1. The molecule has 1 fully saturated rings. The molecule has 0 bridgehead atoms. The van der Waals surface area contributed by atoms with Gasteiger partial charge >= 0.3 is 0 Å². The lowest BCUT2D eigenvalue weighted by Gasteiger charge is -2.34. The summed E-state index contributed by atoms with van der Waals surface area (Å²) in [4.78, 5) is 13.8. The van der Waals surface area contributed by atoms with Gasteiger partial charge in [-0.1, -0.05) is 0 Å². The number of nitrogens with zero attached hydrogens (tertiary/aromatic N) is 4. The van der Waals surface area contributed by atoms with Crippen molar-refractivity contribution in [3.05, 3.63) is 11.8 Å². The predicted molar refractivity (Wildman–Crippen MR) is 84.9 cm³/mol. The molecule has 1 aliphatic heterocycles. The summed E-state index contributed by atoms with van der Waals surface area (Å²) in [7, 11) is 0. The zero-order chi connectivity index (χ0) is 15.2. The van der Waals surface area contributed by atoms with Crippen molar-refractivity contribution in [1.82, 2.24) is 14.9 Å². The maximum absolute atomic E-state index is 5.70. The Morgan fingerprint density at radius 2 is 1.95 bits per heavy atom. The Balaban J connectivity index is 1.97. The summed E-state index contributed by atoms with van der Waals surface area (Å²) in [6.45, 7) is 11.8. The highest BCUT2D eigenvalue weighted by atomic mass is 16.5. The van der Waals surface area contributed by atoms with E-state index < -0.39 is 0 Å². The minimum atomic E-state index is 0.125. The molecule has 2 heterocycles. The number of nitrogens with two attached hydrogens (primary N) is 1. The van der Waals surface area contributed by atoms with Crippen LogP contribution in [0.25, 0.3) is 0 Å². The molecule has 118 valence electrons. The van der Waals surface area contributed by atoms with Crippen molar-refractivity contribution in [3.63, 3.8) is 0 Å². The number of aryl methyl sites for hydroxylation is 1. The molecule has 6 nitrogen and oxygen atoms in total. The van der Waals surface area contributed by atoms with Gasteiger partial charge in [-0.2, -0.15) is 4.98 Å². The van der Waals surface area contributed by atoms with E-state index in [1.54, 1.807) is 0 Å². The number of rotatable bonds is 6. The molecule has 1 aromatic heterocycles. The molecule has 0 unspecified atom stereocenters. The minimum Gasteiger partial charge on any atom is -0.475 e. The lowest BCUT2D eigenvalue weighted by molar-refractivity contribution is 0.231. The van der Waals surface area contributed by atoms with Crippen molar-refractivity contribution in [1.29, 1.82) is 0 Å². The number of aromatic nitrogens is 2. The summed E-state index contributed by atoms with van der Waals surface area (Å²) in [5.41, 5.74) is 6.51. The van der Waals surface area contributed by atoms with Crippen LogP contribution in [0, 0.1) is 6.92 Å². The lowest BCUT2D eigenvalue weighted by Crippen LogP contribution is -2.47. The van der Waals surface area contributed by atoms with E-state index in [4.69, 9.17) is 10.5 Å². The van der Waals surface area contributed by atoms with E-state index in [-0.39, 0.29) is 6.10 Å². The molecule has 6 heteroatoms. The highest BCUT2D eigenvalue weighted by molar-refractivity contribution is 5.35. The molecule has 0 atom stereocenters. The molecular weight excluding hydrogens is 266 g/mol. The van der Waals surface area contributed by atoms with Gasteiger partial charge in [0, 0.05) is 37.9 Å². The third-order valence-electron chi connectivity index (χ3n) is 3.51. The van der Waals surface area contributed by atoms with Gasteiger partial charge in [0.05, 0.1) is 6.10 Å². The first-order valence-electron chi connectivity index (χ1n) is 7.78. The van der Waals surface area contributed by atoms with Crippen molar-refractivity contribution >= 4 is 5.95 Å². The van der Waals surface area contributed by atoms with Crippen molar-refractivity contribution in [2.45, 2.75) is 33.3 Å². The quantitative estimate of drug-likeness (QED) is 0.845. The van der Waals surface area contributed by atoms with Crippen LogP contribution in [0.1, 0.15) is 26.0 Å². The fraction of sp³-hybridized carbons (Fsp3) is 0.733. The number of ether oxygens (including phenoxy) is 1. The average Bonchev–Trinajstić information content (AvgIpc) is 2.44. The van der Waals surface area contributed by atoms with Crippen molar-refractivity contribution in [3.8, 4) is 5.88 Å². The first kappa shape index (κ1) is 16.0. The van der Waals surface area contributed by atoms with Gasteiger partial charge in [0.15, 0.2) is 0 Å². The summed E-state index contributed by atoms with van der Waals surface area (Å²) in [5.74, 6) is 1.45. The van der Waals surface area contributed by atoms with Gasteiger partial charge in [-0.3, -0.25) is 4.90 Å². The number of hydrogen-bond acceptors (Lipinski definition) is 6. The zero-order valence-electron chi connectivity index (χ0n) is 13.4. The Morgan fingerprint density at radius 3 is 2.57 bits per heavy atom. The van der Waals surface area contributed by atoms with E-state index in [1.807, 2.05) is 26.8 Å². The van der Waals surface area contributed by atoms with Gasteiger partial charge in [0.25, 0.3) is 0 Å². The topological polar surface area (TPSA) is 67.5 Å². The molecule has 21 heavy (non-hydrogen) atoms. The summed E-state index contributed by atoms with van der Waals surface area (Å²) in [6, 6.07) is 1.89. The fourth-order valence-electron chi connectivity index (χ4n) is 2.45. The molecular formula is C15H27N5O. The molecule has 2 rings (SSSR count). The van der Waals surface area contributed by atoms with Crippen LogP contribution in [0.2, 0.25) is 0 Å². The van der Waals surface area contributed by atoms with Gasteiger partial charge in [-0.15, -0.1) is 0 Å². The molecule has 0 spiro atoms. The number of anilines is 1. The maximum atomic E-state index is 5.70. The molecule has 1 aromatic rings. The molecule has 0 aromatic carbocycles. The van der Waals surface area contributed by atoms with E-state index in [9.17, 15) is 0 Å². The SMILES string of the molecule is Cc1cc(OC(C)C)nc(N2CCN(CCCN)CC2)n1. The summed E-state index contributed by atoms with van der Waals surface area (Å²) in [5, 5.41) is 0. The van der Waals surface area contributed by atoms with Crippen LogP contribution in [0.15, 0.2) is 6.07 Å². The summed E-state index contributed by atoms with van der Waals surface area (Å²) < 4.78 is 5.70. The predicted octanol–water partition coefficient (Wildman–Crippen LogP) is 1.04. The Kier molecular flexibility index (Phi) is 5.76. The van der Waals surface area contributed by atoms with E-state index in [0.717, 1.165) is 57.3 Å². The van der Waals surface area contributed by atoms with Crippen molar-refractivity contribution < 1.29 is 4.74 Å². The van der Waals surface area contributed by atoms with Crippen LogP contribution in [0.5, 0.6) is 5.88 Å². The van der Waals surface area contributed by atoms with E-state index in [0.29, 0.717) is 5.88 Å². The highest BCUT2D eigenvalue weighted by Gasteiger charge is 2.19. The smallest absolute Gasteiger partial charge is 0.228 e. The molecule has 0 aliphatic carbocycles. The van der Waals surface area contributed by atoms with Crippen LogP contribution in [-0.4, -0.2) is 60.2 Å². The van der Waals surface area contributed by atoms with Crippen LogP contribution < -0.4 is 15.4 Å². The molecule has 0 radical (unpaired) electrons. The van der Waals surface area contributed by atoms with Gasteiger partial charge in [-0.25, -0.2) is 4.98 Å². The molecule has 1 aliphatic rings. The van der Waals surface area contributed by atoms with Crippen LogP contribution >= 0.6 is 0 Å². The fourth-order valence-corrected chi connectivity index (χ4v) is 2.45. The van der Waals surface area contributed by atoms with Crippen LogP contribution in [0.4, 0.5) is 5.95 Å². The second kappa shape index (κ2) is 7.56. The van der Waals surface area contributed by atoms with Crippen molar-refractivity contribution in [2.24, 2.45) is 5.73 Å². The minimum absolute atomic E-state index is 0.125. The standard InChI is InChI=1S/C15H27N5O/c1-12(2)21-14-11-13(3)17-15(18-14)20-9-7-19(8-10-20)6-4-5-16/h11-12H,4-10,16H2,1-3H3. The van der Waals surface area contributed by atoms with E-state index in [2.05, 4.69) is 19.8 Å². The second-order valence-electron chi connectivity index (χ2n) is 5.79. The molecule has 2 N–H and O–H groups in total. The highest BCUT2D eigenvalue weighted by Crippen LogP contribution is 2.18. The second-order valence-corrected chi connectivity index (χ2v) is 5.79. The zero-order valence-corrected chi connectivity index (χ0v) is 13.4. The van der Waals surface area contributed by atoms with Gasteiger partial charge in [0.1, 0.15) is 0 Å². The normalized spacial score (nSPS) is 16.5. The lowest BCUT2D eigenvalue weighted by atomic mass is 10.3. The van der Waals surface area contributed by atoms with E-state index in [1.165, 1.54) is 0 Å². The van der Waals surface area contributed by atoms with Crippen molar-refractivity contribution in [2.75, 3.05) is 44.2 Å². The van der Waals surface area contributed by atoms with Gasteiger partial charge < -0.3 is 15.4 Å². The third-order valence-corrected chi connectivity index (χ3v) is 3.51. The monoisotopic (exact) mass is 293 g/mol. The Labute approximate surface area is 127 Å². The Bertz CT molecular complexity index is 444. The maximum Gasteiger partial charge on any atom is 0.228 e. The Hall–Kier alpha value is -1.40. The third kappa shape index (κ3) is 4.82. The number of piperazine rings is 1. The summed E-state index contributed by atoms with van der Waals surface area (Å²) in [6.07, 6.45) is 1.19. The Morgan fingerprint density at radius 1 is 1.24 bits per heavy atom. The van der Waals surface area contributed by atoms with Crippen LogP contribution in [-0.2, 0) is 0 Å². The van der Waals surface area contributed by atoms with Gasteiger partial charge in [-0.05, 0) is 40.3 Å². The largest absolute Gasteiger partial charge is 0.475 e. The van der Waals surface area contributed by atoms with Gasteiger partial charge in [0.2, 0.25) is 11.8 Å². The first-order chi connectivity index (χ1) is 10.1.